The van der Waals surface area contributed by atoms with Crippen LogP contribution in [0, 0.1) is 0 Å². The first-order valence-corrected chi connectivity index (χ1v) is 9.51. The molecule has 0 fully saturated rings. The Kier molecular flexibility index (Phi) is 5.34. The Morgan fingerprint density at radius 1 is 0.897 bits per heavy atom. The summed E-state index contributed by atoms with van der Waals surface area (Å²) in [6.07, 6.45) is 0. The number of carbonyl (C=O) groups excluding carboxylic acids is 1. The largest absolute Gasteiger partial charge is 0.336 e. The number of amides is 1. The SMILES string of the molecule is CN(Cc1ccccc1)C(=O)c1nc2ccccc2c(-c2ccccc2)c1CF. The van der Waals surface area contributed by atoms with Gasteiger partial charge in [0.1, 0.15) is 12.4 Å². The molecule has 0 N–H and O–H groups in total. The van der Waals surface area contributed by atoms with E-state index in [1.165, 1.54) is 0 Å². The van der Waals surface area contributed by atoms with Crippen LogP contribution in [0.2, 0.25) is 0 Å². The van der Waals surface area contributed by atoms with Crippen LogP contribution in [0.1, 0.15) is 21.6 Å². The summed E-state index contributed by atoms with van der Waals surface area (Å²) in [5.41, 5.74) is 3.80. The predicted octanol–water partition coefficient (Wildman–Crippen LogP) is 5.64. The van der Waals surface area contributed by atoms with E-state index in [2.05, 4.69) is 4.98 Å². The molecule has 0 aliphatic carbocycles. The van der Waals surface area contributed by atoms with E-state index < -0.39 is 6.67 Å². The van der Waals surface area contributed by atoms with E-state index in [4.69, 9.17) is 0 Å². The van der Waals surface area contributed by atoms with Gasteiger partial charge in [-0.2, -0.15) is 0 Å². The van der Waals surface area contributed by atoms with Crippen LogP contribution >= 0.6 is 0 Å². The Balaban J connectivity index is 1.85. The molecule has 4 rings (SSSR count). The molecule has 1 heterocycles. The van der Waals surface area contributed by atoms with Crippen LogP contribution in [0.5, 0.6) is 0 Å². The van der Waals surface area contributed by atoms with E-state index in [1.807, 2.05) is 84.9 Å². The highest BCUT2D eigenvalue weighted by molar-refractivity contribution is 6.03. The third-order valence-corrected chi connectivity index (χ3v) is 5.00. The lowest BCUT2D eigenvalue weighted by Crippen LogP contribution is -2.28. The lowest BCUT2D eigenvalue weighted by molar-refractivity contribution is 0.0777. The van der Waals surface area contributed by atoms with E-state index in [-0.39, 0.29) is 11.6 Å². The summed E-state index contributed by atoms with van der Waals surface area (Å²) in [4.78, 5) is 19.4. The molecule has 3 aromatic carbocycles. The Bertz CT molecular complexity index is 1140. The van der Waals surface area contributed by atoms with Gasteiger partial charge in [-0.15, -0.1) is 0 Å². The van der Waals surface area contributed by atoms with Crippen LogP contribution in [0.15, 0.2) is 84.9 Å². The van der Waals surface area contributed by atoms with Crippen LogP contribution in [-0.4, -0.2) is 22.8 Å². The number of fused-ring (bicyclic) bond motifs is 1. The topological polar surface area (TPSA) is 33.2 Å². The normalized spacial score (nSPS) is 10.8. The fourth-order valence-corrected chi connectivity index (χ4v) is 3.60. The molecule has 0 atom stereocenters. The number of carbonyl (C=O) groups is 1. The van der Waals surface area contributed by atoms with Gasteiger partial charge in [-0.1, -0.05) is 78.9 Å². The molecule has 0 aliphatic rings. The molecule has 0 saturated carbocycles. The van der Waals surface area contributed by atoms with Gasteiger partial charge >= 0.3 is 0 Å². The smallest absolute Gasteiger partial charge is 0.272 e. The van der Waals surface area contributed by atoms with Gasteiger partial charge in [-0.05, 0) is 22.8 Å². The Morgan fingerprint density at radius 2 is 1.52 bits per heavy atom. The van der Waals surface area contributed by atoms with Crippen LogP contribution in [-0.2, 0) is 13.2 Å². The van der Waals surface area contributed by atoms with Crippen molar-refractivity contribution in [3.8, 4) is 11.1 Å². The predicted molar refractivity (Wildman–Crippen MR) is 114 cm³/mol. The number of hydrogen-bond acceptors (Lipinski definition) is 2. The molecule has 144 valence electrons. The zero-order valence-electron chi connectivity index (χ0n) is 16.2. The average molecular weight is 384 g/mol. The van der Waals surface area contributed by atoms with Crippen molar-refractivity contribution in [2.24, 2.45) is 0 Å². The van der Waals surface area contributed by atoms with Gasteiger partial charge in [0.25, 0.3) is 5.91 Å². The summed E-state index contributed by atoms with van der Waals surface area (Å²) >= 11 is 0. The van der Waals surface area contributed by atoms with Crippen molar-refractivity contribution in [1.82, 2.24) is 9.88 Å². The lowest BCUT2D eigenvalue weighted by Gasteiger charge is -2.20. The molecule has 0 radical (unpaired) electrons. The van der Waals surface area contributed by atoms with E-state index in [1.54, 1.807) is 11.9 Å². The number of benzene rings is 3. The fraction of sp³-hybridized carbons (Fsp3) is 0.120. The number of rotatable bonds is 5. The molecule has 0 aliphatic heterocycles. The first-order chi connectivity index (χ1) is 14.2. The molecule has 4 heteroatoms. The molecular weight excluding hydrogens is 363 g/mol. The van der Waals surface area contributed by atoms with Crippen molar-refractivity contribution in [1.29, 1.82) is 0 Å². The maximum Gasteiger partial charge on any atom is 0.272 e. The summed E-state index contributed by atoms with van der Waals surface area (Å²) in [6.45, 7) is -0.330. The number of nitrogens with zero attached hydrogens (tertiary/aromatic N) is 2. The van der Waals surface area contributed by atoms with Gasteiger partial charge in [-0.3, -0.25) is 4.79 Å². The number of alkyl halides is 1. The maximum atomic E-state index is 14.3. The number of pyridine rings is 1. The summed E-state index contributed by atoms with van der Waals surface area (Å²) in [5.74, 6) is -0.288. The van der Waals surface area contributed by atoms with E-state index in [0.717, 1.165) is 22.1 Å². The van der Waals surface area contributed by atoms with Gasteiger partial charge in [0, 0.05) is 24.5 Å². The first-order valence-electron chi connectivity index (χ1n) is 9.51. The zero-order valence-corrected chi connectivity index (χ0v) is 16.2. The Labute approximate surface area is 169 Å². The number of hydrogen-bond donors (Lipinski definition) is 0. The maximum absolute atomic E-state index is 14.3. The third-order valence-electron chi connectivity index (χ3n) is 5.00. The summed E-state index contributed by atoms with van der Waals surface area (Å²) in [5, 5.41) is 0.841. The minimum absolute atomic E-state index is 0.170. The van der Waals surface area contributed by atoms with Crippen LogP contribution in [0.25, 0.3) is 22.0 Å². The summed E-state index contributed by atoms with van der Waals surface area (Å²) < 4.78 is 14.3. The quantitative estimate of drug-likeness (QED) is 0.446. The Hall–Kier alpha value is -3.53. The van der Waals surface area contributed by atoms with Gasteiger partial charge in [-0.25, -0.2) is 9.37 Å². The highest BCUT2D eigenvalue weighted by Gasteiger charge is 2.23. The van der Waals surface area contributed by atoms with Gasteiger partial charge in [0.05, 0.1) is 5.52 Å². The standard InChI is InChI=1S/C25H21FN2O/c1-28(17-18-10-4-2-5-11-18)25(29)24-21(16-26)23(19-12-6-3-7-13-19)20-14-8-9-15-22(20)27-24/h2-15H,16-17H2,1H3. The molecule has 0 bridgehead atoms. The second-order valence-electron chi connectivity index (χ2n) is 6.98. The summed E-state index contributed by atoms with van der Waals surface area (Å²) in [6, 6.07) is 26.9. The molecular formula is C25H21FN2O. The highest BCUT2D eigenvalue weighted by atomic mass is 19.1. The molecule has 0 spiro atoms. The minimum Gasteiger partial charge on any atom is -0.336 e. The molecule has 0 unspecified atom stereocenters. The lowest BCUT2D eigenvalue weighted by atomic mass is 9.94. The van der Waals surface area contributed by atoms with Crippen molar-refractivity contribution < 1.29 is 9.18 Å². The van der Waals surface area contributed by atoms with Crippen LogP contribution in [0.3, 0.4) is 0 Å². The van der Waals surface area contributed by atoms with Crippen molar-refractivity contribution in [3.05, 3.63) is 102 Å². The van der Waals surface area contributed by atoms with Crippen LogP contribution < -0.4 is 0 Å². The Morgan fingerprint density at radius 3 is 2.21 bits per heavy atom. The summed E-state index contributed by atoms with van der Waals surface area (Å²) in [7, 11) is 1.72. The monoisotopic (exact) mass is 384 g/mol. The molecule has 29 heavy (non-hydrogen) atoms. The van der Waals surface area contributed by atoms with Crippen LogP contribution in [0.4, 0.5) is 4.39 Å². The molecule has 3 nitrogen and oxygen atoms in total. The number of halogens is 1. The number of aromatic nitrogens is 1. The second-order valence-corrected chi connectivity index (χ2v) is 6.98. The third kappa shape index (κ3) is 3.74. The van der Waals surface area contributed by atoms with E-state index in [0.29, 0.717) is 17.6 Å². The van der Waals surface area contributed by atoms with Crippen molar-refractivity contribution in [2.75, 3.05) is 7.05 Å². The van der Waals surface area contributed by atoms with E-state index in [9.17, 15) is 9.18 Å². The van der Waals surface area contributed by atoms with Crippen molar-refractivity contribution in [3.63, 3.8) is 0 Å². The van der Waals surface area contributed by atoms with E-state index >= 15 is 0 Å². The fourth-order valence-electron chi connectivity index (χ4n) is 3.60. The average Bonchev–Trinajstić information content (AvgIpc) is 2.78. The number of para-hydroxylation sites is 1. The van der Waals surface area contributed by atoms with Gasteiger partial charge < -0.3 is 4.90 Å². The van der Waals surface area contributed by atoms with Gasteiger partial charge in [0.15, 0.2) is 0 Å². The molecule has 1 aromatic heterocycles. The minimum atomic E-state index is -0.762. The molecule has 1 amide bonds. The second kappa shape index (κ2) is 8.23. The first kappa shape index (κ1) is 18.8. The zero-order chi connectivity index (χ0) is 20.2. The molecule has 0 saturated heterocycles. The highest BCUT2D eigenvalue weighted by Crippen LogP contribution is 2.34. The van der Waals surface area contributed by atoms with Crippen molar-refractivity contribution in [2.45, 2.75) is 13.2 Å². The molecule has 4 aromatic rings. The van der Waals surface area contributed by atoms with Crippen molar-refractivity contribution >= 4 is 16.8 Å². The van der Waals surface area contributed by atoms with Gasteiger partial charge in [0.2, 0.25) is 0 Å².